The SMILES string of the molecule is Cc1c(CN(CCN(CC(=O)O)CC(=O)O)CCN(CC(=O)O)CC(=O)O)c(C)c(CN(CCN(CC(=O)O)CC(=O)O)CCN(CC(=O)O)CC(=O)O)c(C)c1CN(CCN(CC(=O)O)CC(=O)O)CCN(CC(=O)O)CC(=O)O. The molecule has 0 amide bonds. The van der Waals surface area contributed by atoms with Crippen molar-refractivity contribution >= 4 is 71.6 Å². The van der Waals surface area contributed by atoms with E-state index in [0.29, 0.717) is 33.4 Å². The van der Waals surface area contributed by atoms with E-state index in [4.69, 9.17) is 0 Å². The zero-order chi connectivity index (χ0) is 61.7. The van der Waals surface area contributed by atoms with Gasteiger partial charge in [0.25, 0.3) is 0 Å². The fraction of sp³-hybridized carbons (Fsp3) is 0.625. The smallest absolute Gasteiger partial charge is 0.317 e. The van der Waals surface area contributed by atoms with Crippen LogP contribution in [-0.4, -0.2) is 334 Å². The van der Waals surface area contributed by atoms with Crippen LogP contribution in [0.5, 0.6) is 0 Å². The van der Waals surface area contributed by atoms with Crippen LogP contribution in [0.2, 0.25) is 0 Å². The Balaban J connectivity index is 4.50. The highest BCUT2D eigenvalue weighted by atomic mass is 16.4. The first kappa shape index (κ1) is 71.5. The molecule has 1 aromatic carbocycles. The van der Waals surface area contributed by atoms with Gasteiger partial charge in [0, 0.05) is 98.2 Å². The first-order valence-electron chi connectivity index (χ1n) is 25.0. The number of hydrogen-bond donors (Lipinski definition) is 12. The Morgan fingerprint density at radius 2 is 0.309 bits per heavy atom. The van der Waals surface area contributed by atoms with Gasteiger partial charge in [0.1, 0.15) is 0 Å². The number of rotatable bonds is 48. The predicted molar refractivity (Wildman–Crippen MR) is 277 cm³/mol. The summed E-state index contributed by atoms with van der Waals surface area (Å²) in [4.78, 5) is 154. The third-order valence-corrected chi connectivity index (χ3v) is 12.6. The minimum absolute atomic E-state index is 0.105. The maximum absolute atomic E-state index is 11.8. The van der Waals surface area contributed by atoms with Crippen LogP contribution in [0.25, 0.3) is 0 Å². The quantitative estimate of drug-likeness (QED) is 0.0295. The molecule has 0 bridgehead atoms. The van der Waals surface area contributed by atoms with Crippen LogP contribution in [-0.2, 0) is 77.2 Å². The van der Waals surface area contributed by atoms with E-state index in [-0.39, 0.29) is 98.2 Å². The lowest BCUT2D eigenvalue weighted by molar-refractivity contribution is -0.144. The van der Waals surface area contributed by atoms with E-state index in [1.165, 1.54) is 0 Å². The van der Waals surface area contributed by atoms with Crippen molar-refractivity contribution in [2.45, 2.75) is 40.4 Å². The van der Waals surface area contributed by atoms with Crippen molar-refractivity contribution < 1.29 is 119 Å². The van der Waals surface area contributed by atoms with Gasteiger partial charge in [-0.1, -0.05) is 0 Å². The maximum Gasteiger partial charge on any atom is 0.317 e. The normalized spacial score (nSPS) is 11.7. The second-order valence-corrected chi connectivity index (χ2v) is 19.1. The predicted octanol–water partition coefficient (Wildman–Crippen LogP) is -4.15. The van der Waals surface area contributed by atoms with Gasteiger partial charge in [-0.2, -0.15) is 0 Å². The number of carboxylic acid groups (broad SMARTS) is 12. The van der Waals surface area contributed by atoms with Gasteiger partial charge in [0.05, 0.1) is 78.5 Å². The van der Waals surface area contributed by atoms with Gasteiger partial charge < -0.3 is 61.3 Å². The summed E-state index contributed by atoms with van der Waals surface area (Å²) in [5.74, 6) is -16.4. The fourth-order valence-corrected chi connectivity index (χ4v) is 8.86. The number of benzene rings is 1. The van der Waals surface area contributed by atoms with Gasteiger partial charge in [-0.25, -0.2) is 0 Å². The Labute approximate surface area is 464 Å². The number of aliphatic carboxylic acids is 12. The molecule has 0 spiro atoms. The number of hydrogen-bond acceptors (Lipinski definition) is 21. The zero-order valence-electron chi connectivity index (χ0n) is 45.4. The maximum atomic E-state index is 11.8. The van der Waals surface area contributed by atoms with Crippen LogP contribution in [0.15, 0.2) is 0 Å². The molecule has 1 rings (SSSR count). The van der Waals surface area contributed by atoms with E-state index in [2.05, 4.69) is 0 Å². The molecule has 0 unspecified atom stereocenters. The van der Waals surface area contributed by atoms with Crippen LogP contribution in [0.1, 0.15) is 33.4 Å². The monoisotopic (exact) mass is 1160 g/mol. The van der Waals surface area contributed by atoms with Crippen molar-refractivity contribution in [3.8, 4) is 0 Å². The van der Waals surface area contributed by atoms with Crippen molar-refractivity contribution in [2.75, 3.05) is 157 Å². The highest BCUT2D eigenvalue weighted by Crippen LogP contribution is 2.31. The summed E-state index contributed by atoms with van der Waals surface area (Å²) < 4.78 is 0. The van der Waals surface area contributed by atoms with Crippen molar-refractivity contribution in [3.05, 3.63) is 33.4 Å². The molecule has 81 heavy (non-hydrogen) atoms. The fourth-order valence-electron chi connectivity index (χ4n) is 8.86. The Kier molecular flexibility index (Phi) is 32.4. The van der Waals surface area contributed by atoms with Gasteiger partial charge in [0.2, 0.25) is 0 Å². The summed E-state index contributed by atoms with van der Waals surface area (Å²) >= 11 is 0. The van der Waals surface area contributed by atoms with Crippen molar-refractivity contribution in [1.29, 1.82) is 0 Å². The summed E-state index contributed by atoms with van der Waals surface area (Å²) in [5.41, 5.74) is 3.18. The van der Waals surface area contributed by atoms with Crippen LogP contribution in [0, 0.1) is 20.8 Å². The summed E-state index contributed by atoms with van der Waals surface area (Å²) in [6.07, 6.45) is 0. The van der Waals surface area contributed by atoms with E-state index >= 15 is 0 Å². The number of nitrogens with zero attached hydrogens (tertiary/aromatic N) is 9. The lowest BCUT2D eigenvalue weighted by atomic mass is 9.87. The highest BCUT2D eigenvalue weighted by Gasteiger charge is 2.27. The molecule has 0 aliphatic heterocycles. The topological polar surface area (TPSA) is 477 Å². The molecule has 33 nitrogen and oxygen atoms in total. The highest BCUT2D eigenvalue weighted by molar-refractivity contribution is 5.75. The summed E-state index contributed by atoms with van der Waals surface area (Å²) in [7, 11) is 0. The lowest BCUT2D eigenvalue weighted by Gasteiger charge is -2.34. The Hall–Kier alpha value is -7.50. The largest absolute Gasteiger partial charge is 0.480 e. The van der Waals surface area contributed by atoms with Crippen LogP contribution in [0.3, 0.4) is 0 Å². The van der Waals surface area contributed by atoms with Crippen molar-refractivity contribution in [3.63, 3.8) is 0 Å². The summed E-state index contributed by atoms with van der Waals surface area (Å²) in [5, 5.41) is 116. The van der Waals surface area contributed by atoms with E-state index in [0.717, 1.165) is 29.4 Å². The van der Waals surface area contributed by atoms with Crippen molar-refractivity contribution in [1.82, 2.24) is 44.1 Å². The standard InChI is InChI=1S/C48H75N9O24/c1-31-34(16-49(4-10-52(19-37(58)59)20-38(60)61)5-11-53(21-39(62)63)22-40(64)65)32(2)36(18-51(8-14-56(27-45(74)75)28-46(76)77)9-15-57(29-47(78)79)30-48(80)81)33(3)35(31)17-50(6-12-54(23-41(66)67)24-42(68)69)7-13-55(25-43(70)71)26-44(72)73/h4-30H2,1-3H3,(H,58,59)(H,60,61)(H,62,63)(H,64,65)(H,66,67)(H,68,69)(H,70,71)(H,72,73)(H,74,75)(H,76,77)(H,78,79)(H,80,81). The molecule has 12 N–H and O–H groups in total. The van der Waals surface area contributed by atoms with E-state index < -0.39 is 150 Å². The molecular weight excluding hydrogens is 1090 g/mol. The van der Waals surface area contributed by atoms with Crippen LogP contribution >= 0.6 is 0 Å². The molecule has 0 fully saturated rings. The van der Waals surface area contributed by atoms with E-state index in [1.54, 1.807) is 35.5 Å². The lowest BCUT2D eigenvalue weighted by Crippen LogP contribution is -2.45. The number of carbonyl (C=O) groups is 12. The molecular formula is C48H75N9O24. The van der Waals surface area contributed by atoms with Crippen LogP contribution < -0.4 is 0 Å². The molecule has 0 aliphatic carbocycles. The molecule has 456 valence electrons. The van der Waals surface area contributed by atoms with Gasteiger partial charge in [-0.15, -0.1) is 0 Å². The Morgan fingerprint density at radius 3 is 0.407 bits per heavy atom. The molecule has 0 atom stereocenters. The third-order valence-electron chi connectivity index (χ3n) is 12.6. The Bertz CT molecular complexity index is 1880. The molecule has 0 aliphatic rings. The molecule has 0 radical (unpaired) electrons. The minimum Gasteiger partial charge on any atom is -0.480 e. The summed E-state index contributed by atoms with van der Waals surface area (Å²) in [6.45, 7) is -5.69. The zero-order valence-corrected chi connectivity index (χ0v) is 45.4. The molecule has 1 aromatic rings. The molecule has 0 heterocycles. The molecule has 0 aromatic heterocycles. The average molecular weight is 1160 g/mol. The molecule has 0 saturated carbocycles. The first-order valence-corrected chi connectivity index (χ1v) is 25.0. The van der Waals surface area contributed by atoms with Gasteiger partial charge in [-0.3, -0.25) is 102 Å². The van der Waals surface area contributed by atoms with Crippen LogP contribution in [0.4, 0.5) is 0 Å². The minimum atomic E-state index is -1.36. The molecule has 0 saturated heterocycles. The Morgan fingerprint density at radius 1 is 0.210 bits per heavy atom. The second-order valence-electron chi connectivity index (χ2n) is 19.1. The van der Waals surface area contributed by atoms with E-state index in [9.17, 15) is 119 Å². The van der Waals surface area contributed by atoms with Gasteiger partial charge in [-0.05, 0) is 54.2 Å². The number of carboxylic acids is 12. The van der Waals surface area contributed by atoms with Crippen molar-refractivity contribution in [2.24, 2.45) is 0 Å². The van der Waals surface area contributed by atoms with Gasteiger partial charge in [0.15, 0.2) is 0 Å². The molecule has 33 heteroatoms. The average Bonchev–Trinajstić information content (AvgIpc) is 3.49. The third kappa shape index (κ3) is 31.8. The van der Waals surface area contributed by atoms with Gasteiger partial charge >= 0.3 is 71.6 Å². The first-order chi connectivity index (χ1) is 37.7. The summed E-state index contributed by atoms with van der Waals surface area (Å²) in [6, 6.07) is 0. The second kappa shape index (κ2) is 36.7. The van der Waals surface area contributed by atoms with E-state index in [1.807, 2.05) is 0 Å².